The van der Waals surface area contributed by atoms with E-state index in [9.17, 15) is 0 Å². The molecule has 0 unspecified atom stereocenters. The average Bonchev–Trinajstić information content (AvgIpc) is 3.43. The maximum absolute atomic E-state index is 5.43. The second-order valence-corrected chi connectivity index (χ2v) is 6.44. The van der Waals surface area contributed by atoms with Gasteiger partial charge in [0.15, 0.2) is 11.5 Å². The lowest BCUT2D eigenvalue weighted by molar-refractivity contribution is 0.192. The van der Waals surface area contributed by atoms with E-state index >= 15 is 0 Å². The molecule has 1 aliphatic rings. The van der Waals surface area contributed by atoms with Crippen molar-refractivity contribution in [2.45, 2.75) is 18.9 Å². The zero-order chi connectivity index (χ0) is 17.3. The van der Waals surface area contributed by atoms with Crippen LogP contribution in [0.1, 0.15) is 23.7 Å². The lowest BCUT2D eigenvalue weighted by atomic mass is 10.1. The molecule has 130 valence electrons. The standard InChI is InChI=1S/C19H17N5O2/c1-2-4-13(5-3-1)11-24-18-15(10-21-24)8-16(9-20-18)19-22-17(23-26-19)14-6-7-25-12-14/h1-5,8-10,14H,6-7,11-12H2/t14-/m1/s1. The molecule has 1 aromatic carbocycles. The summed E-state index contributed by atoms with van der Waals surface area (Å²) in [5.41, 5.74) is 2.82. The Labute approximate surface area is 149 Å². The smallest absolute Gasteiger partial charge is 0.259 e. The van der Waals surface area contributed by atoms with Crippen molar-refractivity contribution >= 4 is 11.0 Å². The van der Waals surface area contributed by atoms with Gasteiger partial charge in [0, 0.05) is 24.1 Å². The van der Waals surface area contributed by atoms with Crippen LogP contribution in [0.15, 0.2) is 53.3 Å². The lowest BCUT2D eigenvalue weighted by Gasteiger charge is -2.03. The molecule has 7 heteroatoms. The minimum Gasteiger partial charge on any atom is -0.381 e. The van der Waals surface area contributed by atoms with Crippen LogP contribution in [0.5, 0.6) is 0 Å². The van der Waals surface area contributed by atoms with E-state index in [2.05, 4.69) is 32.4 Å². The Morgan fingerprint density at radius 3 is 2.92 bits per heavy atom. The molecule has 1 aliphatic heterocycles. The summed E-state index contributed by atoms with van der Waals surface area (Å²) in [5.74, 6) is 1.41. The molecule has 3 aromatic heterocycles. The van der Waals surface area contributed by atoms with Gasteiger partial charge in [0.1, 0.15) is 0 Å². The number of benzene rings is 1. The van der Waals surface area contributed by atoms with Crippen LogP contribution in [0.2, 0.25) is 0 Å². The third-order valence-electron chi connectivity index (χ3n) is 4.63. The van der Waals surface area contributed by atoms with E-state index in [4.69, 9.17) is 9.26 Å². The fourth-order valence-corrected chi connectivity index (χ4v) is 3.22. The van der Waals surface area contributed by atoms with Crippen molar-refractivity contribution in [1.29, 1.82) is 0 Å². The van der Waals surface area contributed by atoms with E-state index in [0.717, 1.165) is 29.6 Å². The van der Waals surface area contributed by atoms with Crippen LogP contribution in [0.3, 0.4) is 0 Å². The van der Waals surface area contributed by atoms with Crippen molar-refractivity contribution in [2.24, 2.45) is 0 Å². The first-order valence-corrected chi connectivity index (χ1v) is 8.64. The van der Waals surface area contributed by atoms with Gasteiger partial charge in [-0.1, -0.05) is 35.5 Å². The molecule has 0 bridgehead atoms. The first kappa shape index (κ1) is 15.2. The second-order valence-electron chi connectivity index (χ2n) is 6.44. The van der Waals surface area contributed by atoms with Crippen LogP contribution in [-0.4, -0.2) is 38.1 Å². The van der Waals surface area contributed by atoms with E-state index in [1.807, 2.05) is 35.1 Å². The molecular weight excluding hydrogens is 330 g/mol. The van der Waals surface area contributed by atoms with E-state index in [0.29, 0.717) is 24.9 Å². The fourth-order valence-electron chi connectivity index (χ4n) is 3.22. The van der Waals surface area contributed by atoms with Crippen LogP contribution in [0, 0.1) is 0 Å². The summed E-state index contributed by atoms with van der Waals surface area (Å²) in [6.45, 7) is 2.09. The molecule has 1 fully saturated rings. The highest BCUT2D eigenvalue weighted by molar-refractivity contribution is 5.79. The van der Waals surface area contributed by atoms with Crippen LogP contribution < -0.4 is 0 Å². The van der Waals surface area contributed by atoms with Gasteiger partial charge >= 0.3 is 0 Å². The predicted octanol–water partition coefficient (Wildman–Crippen LogP) is 3.03. The quantitative estimate of drug-likeness (QED) is 0.565. The van der Waals surface area contributed by atoms with Gasteiger partial charge in [0.25, 0.3) is 5.89 Å². The number of pyridine rings is 1. The number of hydrogen-bond acceptors (Lipinski definition) is 6. The zero-order valence-electron chi connectivity index (χ0n) is 14.1. The molecule has 4 aromatic rings. The van der Waals surface area contributed by atoms with Gasteiger partial charge in [0.2, 0.25) is 0 Å². The monoisotopic (exact) mass is 347 g/mol. The van der Waals surface area contributed by atoms with Gasteiger partial charge in [-0.15, -0.1) is 0 Å². The van der Waals surface area contributed by atoms with Crippen LogP contribution in [0.4, 0.5) is 0 Å². The Hall–Kier alpha value is -3.06. The predicted molar refractivity (Wildman–Crippen MR) is 94.5 cm³/mol. The van der Waals surface area contributed by atoms with Gasteiger partial charge in [-0.05, 0) is 18.1 Å². The number of aromatic nitrogens is 5. The van der Waals surface area contributed by atoms with Crippen molar-refractivity contribution in [1.82, 2.24) is 24.9 Å². The summed E-state index contributed by atoms with van der Waals surface area (Å²) in [7, 11) is 0. The molecule has 7 nitrogen and oxygen atoms in total. The molecule has 0 amide bonds. The minimum absolute atomic E-state index is 0.220. The molecule has 0 saturated carbocycles. The van der Waals surface area contributed by atoms with Crippen molar-refractivity contribution < 1.29 is 9.26 Å². The normalized spacial score (nSPS) is 17.2. The van der Waals surface area contributed by atoms with Crippen molar-refractivity contribution in [2.75, 3.05) is 13.2 Å². The number of hydrogen-bond donors (Lipinski definition) is 0. The summed E-state index contributed by atoms with van der Waals surface area (Å²) in [6.07, 6.45) is 4.51. The molecule has 4 heterocycles. The molecule has 5 rings (SSSR count). The zero-order valence-corrected chi connectivity index (χ0v) is 14.1. The minimum atomic E-state index is 0.220. The Morgan fingerprint density at radius 1 is 1.15 bits per heavy atom. The molecule has 0 N–H and O–H groups in total. The van der Waals surface area contributed by atoms with Crippen LogP contribution >= 0.6 is 0 Å². The molecule has 0 aliphatic carbocycles. The highest BCUT2D eigenvalue weighted by Gasteiger charge is 2.23. The van der Waals surface area contributed by atoms with Gasteiger partial charge in [-0.25, -0.2) is 9.67 Å². The molecule has 26 heavy (non-hydrogen) atoms. The molecule has 1 atom stereocenters. The topological polar surface area (TPSA) is 78.9 Å². The third-order valence-corrected chi connectivity index (χ3v) is 4.63. The van der Waals surface area contributed by atoms with Gasteiger partial charge < -0.3 is 9.26 Å². The van der Waals surface area contributed by atoms with Crippen LogP contribution in [0.25, 0.3) is 22.5 Å². The molecule has 1 saturated heterocycles. The average molecular weight is 347 g/mol. The summed E-state index contributed by atoms with van der Waals surface area (Å²) >= 11 is 0. The van der Waals surface area contributed by atoms with Crippen molar-refractivity contribution in [3.8, 4) is 11.5 Å². The molecule has 0 spiro atoms. The van der Waals surface area contributed by atoms with Crippen LogP contribution in [-0.2, 0) is 11.3 Å². The van der Waals surface area contributed by atoms with Gasteiger partial charge in [0.05, 0.1) is 24.9 Å². The highest BCUT2D eigenvalue weighted by atomic mass is 16.5. The van der Waals surface area contributed by atoms with Crippen molar-refractivity contribution in [3.05, 3.63) is 60.2 Å². The van der Waals surface area contributed by atoms with E-state index in [-0.39, 0.29) is 5.92 Å². The Balaban J connectivity index is 1.44. The van der Waals surface area contributed by atoms with Gasteiger partial charge in [-0.2, -0.15) is 10.1 Å². The Kier molecular flexibility index (Phi) is 3.71. The van der Waals surface area contributed by atoms with E-state index in [1.54, 1.807) is 6.20 Å². The summed E-state index contributed by atoms with van der Waals surface area (Å²) in [5, 5.41) is 9.51. The Bertz CT molecular complexity index is 1030. The number of ether oxygens (including phenoxy) is 1. The van der Waals surface area contributed by atoms with Crippen molar-refractivity contribution in [3.63, 3.8) is 0 Å². The summed E-state index contributed by atoms with van der Waals surface area (Å²) in [4.78, 5) is 9.09. The highest BCUT2D eigenvalue weighted by Crippen LogP contribution is 2.26. The lowest BCUT2D eigenvalue weighted by Crippen LogP contribution is -2.02. The first-order valence-electron chi connectivity index (χ1n) is 8.64. The first-order chi connectivity index (χ1) is 12.9. The fraction of sp³-hybridized carbons (Fsp3) is 0.263. The third kappa shape index (κ3) is 2.76. The number of fused-ring (bicyclic) bond motifs is 1. The maximum Gasteiger partial charge on any atom is 0.259 e. The number of nitrogens with zero attached hydrogens (tertiary/aromatic N) is 5. The molecular formula is C19H17N5O2. The largest absolute Gasteiger partial charge is 0.381 e. The maximum atomic E-state index is 5.43. The number of rotatable bonds is 4. The van der Waals surface area contributed by atoms with E-state index < -0.39 is 0 Å². The molecule has 0 radical (unpaired) electrons. The summed E-state index contributed by atoms with van der Waals surface area (Å²) < 4.78 is 12.7. The van der Waals surface area contributed by atoms with E-state index in [1.165, 1.54) is 5.56 Å². The summed E-state index contributed by atoms with van der Waals surface area (Å²) in [6, 6.07) is 12.2. The second kappa shape index (κ2) is 6.34. The van der Waals surface area contributed by atoms with Gasteiger partial charge in [-0.3, -0.25) is 0 Å². The Morgan fingerprint density at radius 2 is 2.08 bits per heavy atom. The SMILES string of the molecule is c1ccc(Cn2ncc3cc(-c4nc([C@@H]5CCOC5)no4)cnc32)cc1.